The number of aromatic carboxylic acids is 1. The van der Waals surface area contributed by atoms with E-state index in [2.05, 4.69) is 19.2 Å². The number of carbonyl (C=O) groups is 1. The third kappa shape index (κ3) is 4.47. The van der Waals surface area contributed by atoms with Crippen LogP contribution in [0.1, 0.15) is 36.2 Å². The van der Waals surface area contributed by atoms with Crippen LogP contribution in [0.4, 0.5) is 0 Å². The number of hydrogen-bond donors (Lipinski definition) is 3. The lowest BCUT2D eigenvalue weighted by Gasteiger charge is -2.18. The Labute approximate surface area is 108 Å². The molecule has 0 saturated heterocycles. The van der Waals surface area contributed by atoms with Gasteiger partial charge in [0.05, 0.1) is 12.2 Å². The van der Waals surface area contributed by atoms with Crippen molar-refractivity contribution >= 4 is 5.97 Å². The second kappa shape index (κ2) is 7.13. The highest BCUT2D eigenvalue weighted by molar-refractivity contribution is 5.89. The van der Waals surface area contributed by atoms with Gasteiger partial charge in [0.15, 0.2) is 0 Å². The minimum absolute atomic E-state index is 0.00634. The molecule has 1 unspecified atom stereocenters. The normalized spacial score (nSPS) is 12.7. The summed E-state index contributed by atoms with van der Waals surface area (Å²) in [5.41, 5.74) is 1.05. The quantitative estimate of drug-likeness (QED) is 0.692. The van der Waals surface area contributed by atoms with Gasteiger partial charge in [0.1, 0.15) is 0 Å². The van der Waals surface area contributed by atoms with Gasteiger partial charge in [0.25, 0.3) is 0 Å². The number of carboxylic acids is 1. The standard InChI is InChI=1S/C14H21NO3/c1-10(2)7-12(9-16)15-8-11-5-3-4-6-13(11)14(17)18/h3-6,10,12,15-16H,7-9H2,1-2H3,(H,17,18). The van der Waals surface area contributed by atoms with Gasteiger partial charge < -0.3 is 15.5 Å². The van der Waals surface area contributed by atoms with Crippen LogP contribution in [-0.2, 0) is 6.54 Å². The van der Waals surface area contributed by atoms with Crippen LogP contribution < -0.4 is 5.32 Å². The minimum Gasteiger partial charge on any atom is -0.478 e. The molecular formula is C14H21NO3. The fourth-order valence-corrected chi connectivity index (χ4v) is 1.93. The average molecular weight is 251 g/mol. The van der Waals surface area contributed by atoms with Crippen molar-refractivity contribution in [3.8, 4) is 0 Å². The molecule has 0 aliphatic carbocycles. The zero-order chi connectivity index (χ0) is 13.5. The summed E-state index contributed by atoms with van der Waals surface area (Å²) < 4.78 is 0. The summed E-state index contributed by atoms with van der Waals surface area (Å²) in [5.74, 6) is -0.429. The first-order valence-corrected chi connectivity index (χ1v) is 6.20. The van der Waals surface area contributed by atoms with E-state index in [4.69, 9.17) is 5.11 Å². The van der Waals surface area contributed by atoms with E-state index in [-0.39, 0.29) is 12.6 Å². The summed E-state index contributed by atoms with van der Waals surface area (Å²) in [7, 11) is 0. The lowest BCUT2D eigenvalue weighted by atomic mass is 10.0. The van der Waals surface area contributed by atoms with E-state index in [0.29, 0.717) is 18.0 Å². The SMILES string of the molecule is CC(C)CC(CO)NCc1ccccc1C(=O)O. The Morgan fingerprint density at radius 2 is 2.00 bits per heavy atom. The highest BCUT2D eigenvalue weighted by Gasteiger charge is 2.12. The predicted molar refractivity (Wildman–Crippen MR) is 70.6 cm³/mol. The molecule has 3 N–H and O–H groups in total. The van der Waals surface area contributed by atoms with E-state index in [1.165, 1.54) is 0 Å². The Balaban J connectivity index is 2.64. The maximum atomic E-state index is 11.0. The third-order valence-electron chi connectivity index (χ3n) is 2.81. The summed E-state index contributed by atoms with van der Waals surface area (Å²) in [4.78, 5) is 11.0. The van der Waals surface area contributed by atoms with Crippen LogP contribution in [0.2, 0.25) is 0 Å². The number of carboxylic acid groups (broad SMARTS) is 1. The van der Waals surface area contributed by atoms with Crippen LogP contribution in [0.15, 0.2) is 24.3 Å². The lowest BCUT2D eigenvalue weighted by Crippen LogP contribution is -2.33. The smallest absolute Gasteiger partial charge is 0.336 e. The molecule has 1 atom stereocenters. The van der Waals surface area contributed by atoms with Crippen LogP contribution in [0.25, 0.3) is 0 Å². The van der Waals surface area contributed by atoms with Crippen LogP contribution in [0.3, 0.4) is 0 Å². The van der Waals surface area contributed by atoms with Gasteiger partial charge >= 0.3 is 5.97 Å². The highest BCUT2D eigenvalue weighted by atomic mass is 16.4. The van der Waals surface area contributed by atoms with E-state index in [9.17, 15) is 9.90 Å². The largest absolute Gasteiger partial charge is 0.478 e. The molecule has 18 heavy (non-hydrogen) atoms. The number of aliphatic hydroxyl groups is 1. The van der Waals surface area contributed by atoms with Gasteiger partial charge in [-0.3, -0.25) is 0 Å². The molecule has 0 heterocycles. The van der Waals surface area contributed by atoms with Crippen LogP contribution >= 0.6 is 0 Å². The monoisotopic (exact) mass is 251 g/mol. The van der Waals surface area contributed by atoms with Crippen molar-refractivity contribution in [2.45, 2.75) is 32.9 Å². The fraction of sp³-hybridized carbons (Fsp3) is 0.500. The Kier molecular flexibility index (Phi) is 5.82. The summed E-state index contributed by atoms with van der Waals surface area (Å²) in [5, 5.41) is 21.5. The Morgan fingerprint density at radius 1 is 1.33 bits per heavy atom. The highest BCUT2D eigenvalue weighted by Crippen LogP contribution is 2.10. The molecule has 0 amide bonds. The molecule has 0 saturated carbocycles. The number of benzene rings is 1. The van der Waals surface area contributed by atoms with Crippen LogP contribution in [-0.4, -0.2) is 28.8 Å². The summed E-state index contributed by atoms with van der Waals surface area (Å²) in [6.07, 6.45) is 0.867. The summed E-state index contributed by atoms with van der Waals surface area (Å²) >= 11 is 0. The van der Waals surface area contributed by atoms with Gasteiger partial charge in [-0.1, -0.05) is 32.0 Å². The summed E-state index contributed by atoms with van der Waals surface area (Å²) in [6.45, 7) is 4.71. The van der Waals surface area contributed by atoms with Crippen molar-refractivity contribution in [1.29, 1.82) is 0 Å². The molecule has 0 radical (unpaired) electrons. The number of nitrogens with one attached hydrogen (secondary N) is 1. The molecular weight excluding hydrogens is 230 g/mol. The van der Waals surface area contributed by atoms with Gasteiger partial charge in [-0.05, 0) is 24.0 Å². The van der Waals surface area contributed by atoms with Crippen molar-refractivity contribution in [2.24, 2.45) is 5.92 Å². The lowest BCUT2D eigenvalue weighted by molar-refractivity contribution is 0.0695. The zero-order valence-corrected chi connectivity index (χ0v) is 10.9. The van der Waals surface area contributed by atoms with Crippen molar-refractivity contribution in [3.05, 3.63) is 35.4 Å². The number of aliphatic hydroxyl groups excluding tert-OH is 1. The topological polar surface area (TPSA) is 69.6 Å². The summed E-state index contributed by atoms with van der Waals surface area (Å²) in [6, 6.07) is 6.92. The van der Waals surface area contributed by atoms with E-state index < -0.39 is 5.97 Å². The Bertz CT molecular complexity index is 390. The van der Waals surface area contributed by atoms with Gasteiger partial charge in [-0.2, -0.15) is 0 Å². The maximum absolute atomic E-state index is 11.0. The Hall–Kier alpha value is -1.39. The fourth-order valence-electron chi connectivity index (χ4n) is 1.93. The van der Waals surface area contributed by atoms with E-state index >= 15 is 0 Å². The van der Waals surface area contributed by atoms with Crippen molar-refractivity contribution < 1.29 is 15.0 Å². The molecule has 0 aromatic heterocycles. The van der Waals surface area contributed by atoms with E-state index in [1.54, 1.807) is 18.2 Å². The van der Waals surface area contributed by atoms with Gasteiger partial charge in [0, 0.05) is 12.6 Å². The van der Waals surface area contributed by atoms with Gasteiger partial charge in [-0.15, -0.1) is 0 Å². The number of hydrogen-bond acceptors (Lipinski definition) is 3. The first-order valence-electron chi connectivity index (χ1n) is 6.20. The molecule has 4 nitrogen and oxygen atoms in total. The average Bonchev–Trinajstić information content (AvgIpc) is 2.34. The maximum Gasteiger partial charge on any atom is 0.336 e. The zero-order valence-electron chi connectivity index (χ0n) is 10.9. The Morgan fingerprint density at radius 3 is 2.56 bits per heavy atom. The third-order valence-corrected chi connectivity index (χ3v) is 2.81. The second-order valence-corrected chi connectivity index (χ2v) is 4.85. The molecule has 100 valence electrons. The molecule has 0 fully saturated rings. The van der Waals surface area contributed by atoms with Crippen LogP contribution in [0, 0.1) is 5.92 Å². The van der Waals surface area contributed by atoms with Crippen molar-refractivity contribution in [2.75, 3.05) is 6.61 Å². The van der Waals surface area contributed by atoms with Crippen molar-refractivity contribution in [1.82, 2.24) is 5.32 Å². The molecule has 0 aliphatic heterocycles. The molecule has 1 aromatic rings. The van der Waals surface area contributed by atoms with Gasteiger partial charge in [-0.25, -0.2) is 4.79 Å². The van der Waals surface area contributed by atoms with Gasteiger partial charge in [0.2, 0.25) is 0 Å². The molecule has 1 aromatic carbocycles. The van der Waals surface area contributed by atoms with E-state index in [1.807, 2.05) is 6.07 Å². The molecule has 0 bridgehead atoms. The first kappa shape index (κ1) is 14.7. The van der Waals surface area contributed by atoms with E-state index in [0.717, 1.165) is 12.0 Å². The van der Waals surface area contributed by atoms with Crippen LogP contribution in [0.5, 0.6) is 0 Å². The minimum atomic E-state index is -0.920. The molecule has 0 spiro atoms. The molecule has 0 aliphatic rings. The van der Waals surface area contributed by atoms with Crippen molar-refractivity contribution in [3.63, 3.8) is 0 Å². The molecule has 4 heteroatoms. The molecule has 1 rings (SSSR count). The number of rotatable bonds is 7. The second-order valence-electron chi connectivity index (χ2n) is 4.85. The predicted octanol–water partition coefficient (Wildman–Crippen LogP) is 1.88. The first-order chi connectivity index (χ1) is 8.54.